The van der Waals surface area contributed by atoms with Crippen LogP contribution in [0.4, 0.5) is 17.2 Å². The summed E-state index contributed by atoms with van der Waals surface area (Å²) in [6.45, 7) is 1.65. The molecule has 1 saturated heterocycles. The minimum atomic E-state index is -0.0104. The summed E-state index contributed by atoms with van der Waals surface area (Å²) in [5.41, 5.74) is 16.5. The quantitative estimate of drug-likeness (QED) is 0.421. The number of pyridine rings is 1. The molecule has 0 unspecified atom stereocenters. The molecule has 10 nitrogen and oxygen atoms in total. The van der Waals surface area contributed by atoms with Crippen molar-refractivity contribution in [3.05, 3.63) is 53.9 Å². The van der Waals surface area contributed by atoms with Crippen molar-refractivity contribution in [2.24, 2.45) is 0 Å². The molecule has 3 aromatic rings. The Kier molecular flexibility index (Phi) is 5.47. The van der Waals surface area contributed by atoms with Crippen LogP contribution in [-0.2, 0) is 4.79 Å². The van der Waals surface area contributed by atoms with E-state index in [1.165, 1.54) is 0 Å². The van der Waals surface area contributed by atoms with Crippen molar-refractivity contribution in [2.75, 3.05) is 35.8 Å². The summed E-state index contributed by atoms with van der Waals surface area (Å²) in [5, 5.41) is 14.9. The highest BCUT2D eigenvalue weighted by Crippen LogP contribution is 2.37. The number of phenolic OH excluding ortho intramolecular Hbond substituents is 1. The average Bonchev–Trinajstić information content (AvgIpc) is 3.19. The minimum absolute atomic E-state index is 0.0104. The van der Waals surface area contributed by atoms with E-state index in [9.17, 15) is 9.90 Å². The molecular formula is C23H25N7O3. The first-order valence-corrected chi connectivity index (χ1v) is 10.8. The third-order valence-electron chi connectivity index (χ3n) is 5.97. The topological polar surface area (TPSA) is 131 Å². The summed E-state index contributed by atoms with van der Waals surface area (Å²) in [6, 6.07) is 11.2. The zero-order valence-electron chi connectivity index (χ0n) is 17.9. The molecule has 0 amide bonds. The molecule has 0 saturated carbocycles. The van der Waals surface area contributed by atoms with Gasteiger partial charge in [0, 0.05) is 36.6 Å². The zero-order valence-corrected chi connectivity index (χ0v) is 17.9. The highest BCUT2D eigenvalue weighted by Gasteiger charge is 2.28. The molecule has 1 fully saturated rings. The molecule has 5 N–H and O–H groups in total. The first-order valence-electron chi connectivity index (χ1n) is 10.8. The van der Waals surface area contributed by atoms with E-state index >= 15 is 0 Å². The van der Waals surface area contributed by atoms with Crippen molar-refractivity contribution >= 4 is 35.3 Å². The number of carbonyl (C=O) groups is 1. The summed E-state index contributed by atoms with van der Waals surface area (Å²) in [7, 11) is 0. The van der Waals surface area contributed by atoms with Gasteiger partial charge in [-0.2, -0.15) is 5.10 Å². The number of anilines is 3. The Morgan fingerprint density at radius 3 is 2.82 bits per heavy atom. The number of hydrazine groups is 1. The van der Waals surface area contributed by atoms with Gasteiger partial charge in [0.2, 0.25) is 5.88 Å². The van der Waals surface area contributed by atoms with Crippen molar-refractivity contribution in [1.29, 1.82) is 0 Å². The lowest BCUT2D eigenvalue weighted by atomic mass is 10.0. The van der Waals surface area contributed by atoms with Gasteiger partial charge in [0.1, 0.15) is 18.0 Å². The van der Waals surface area contributed by atoms with Gasteiger partial charge in [-0.3, -0.25) is 20.3 Å². The van der Waals surface area contributed by atoms with Crippen LogP contribution in [0.3, 0.4) is 0 Å². The molecular weight excluding hydrogens is 422 g/mol. The molecule has 1 aromatic carbocycles. The molecule has 2 aromatic heterocycles. The molecule has 0 radical (unpaired) electrons. The summed E-state index contributed by atoms with van der Waals surface area (Å²) >= 11 is 0. The Balaban J connectivity index is 1.35. The maximum absolute atomic E-state index is 10.6. The van der Waals surface area contributed by atoms with E-state index in [-0.39, 0.29) is 18.4 Å². The summed E-state index contributed by atoms with van der Waals surface area (Å²) < 4.78 is 7.31. The second kappa shape index (κ2) is 8.73. The maximum Gasteiger partial charge on any atom is 0.215 e. The van der Waals surface area contributed by atoms with Crippen LogP contribution in [0.2, 0.25) is 0 Å². The summed E-state index contributed by atoms with van der Waals surface area (Å²) in [5.74, 6) is 1.07. The maximum atomic E-state index is 10.6. The SMILES string of the molecule is Nc1nn(C2CCN(c3ccnc(OCC=O)c3)CC2)c2c1NNC(c1ccccc1O)=C2. The fourth-order valence-electron chi connectivity index (χ4n) is 4.32. The predicted molar refractivity (Wildman–Crippen MR) is 126 cm³/mol. The van der Waals surface area contributed by atoms with Gasteiger partial charge in [-0.25, -0.2) is 4.98 Å². The number of aromatic nitrogens is 3. The van der Waals surface area contributed by atoms with E-state index in [0.29, 0.717) is 23.5 Å². The van der Waals surface area contributed by atoms with Crippen LogP contribution in [0.15, 0.2) is 42.6 Å². The number of carbonyl (C=O) groups excluding carboxylic acids is 1. The normalized spacial score (nSPS) is 15.8. The Morgan fingerprint density at radius 1 is 1.21 bits per heavy atom. The Morgan fingerprint density at radius 2 is 2.03 bits per heavy atom. The van der Waals surface area contributed by atoms with Gasteiger partial charge in [-0.1, -0.05) is 12.1 Å². The third-order valence-corrected chi connectivity index (χ3v) is 5.97. The zero-order chi connectivity index (χ0) is 22.8. The highest BCUT2D eigenvalue weighted by atomic mass is 16.5. The number of hydrogen-bond donors (Lipinski definition) is 4. The van der Waals surface area contributed by atoms with E-state index in [2.05, 4.69) is 25.8 Å². The number of nitrogens with one attached hydrogen (secondary N) is 2. The smallest absolute Gasteiger partial charge is 0.215 e. The number of fused-ring (bicyclic) bond motifs is 1. The van der Waals surface area contributed by atoms with E-state index in [0.717, 1.165) is 48.7 Å². The molecule has 4 heterocycles. The number of phenols is 1. The number of hydrogen-bond acceptors (Lipinski definition) is 9. The number of nitrogens with two attached hydrogens (primary N) is 1. The number of aromatic hydroxyl groups is 1. The predicted octanol–water partition coefficient (Wildman–Crippen LogP) is 2.41. The number of piperidine rings is 1. The molecule has 2 aliphatic heterocycles. The van der Waals surface area contributed by atoms with Gasteiger partial charge in [-0.05, 0) is 37.1 Å². The van der Waals surface area contributed by atoms with Crippen LogP contribution in [0.1, 0.15) is 30.1 Å². The van der Waals surface area contributed by atoms with Crippen LogP contribution < -0.4 is 26.2 Å². The fraction of sp³-hybridized carbons (Fsp3) is 0.261. The minimum Gasteiger partial charge on any atom is -0.507 e. The largest absolute Gasteiger partial charge is 0.507 e. The Bertz CT molecular complexity index is 1200. The number of aldehydes is 1. The number of nitrogen functional groups attached to an aromatic ring is 1. The van der Waals surface area contributed by atoms with Gasteiger partial charge in [0.25, 0.3) is 0 Å². The van der Waals surface area contributed by atoms with Gasteiger partial charge in [-0.15, -0.1) is 0 Å². The Hall–Kier alpha value is -4.21. The van der Waals surface area contributed by atoms with E-state index in [1.807, 2.05) is 35.0 Å². The molecule has 5 rings (SSSR count). The summed E-state index contributed by atoms with van der Waals surface area (Å²) in [6.07, 6.45) is 6.13. The molecule has 0 bridgehead atoms. The van der Waals surface area contributed by atoms with Crippen LogP contribution >= 0.6 is 0 Å². The molecule has 170 valence electrons. The van der Waals surface area contributed by atoms with E-state index in [1.54, 1.807) is 18.3 Å². The van der Waals surface area contributed by atoms with Gasteiger partial charge in [0.15, 0.2) is 12.1 Å². The van der Waals surface area contributed by atoms with Gasteiger partial charge < -0.3 is 20.5 Å². The van der Waals surface area contributed by atoms with Crippen LogP contribution in [0.25, 0.3) is 11.8 Å². The highest BCUT2D eigenvalue weighted by molar-refractivity contribution is 5.91. The number of nitrogens with zero attached hydrogens (tertiary/aromatic N) is 4. The Labute approximate surface area is 190 Å². The number of ether oxygens (including phenoxy) is 1. The van der Waals surface area contributed by atoms with Crippen molar-refractivity contribution in [1.82, 2.24) is 20.2 Å². The second-order valence-corrected chi connectivity index (χ2v) is 7.96. The lowest BCUT2D eigenvalue weighted by Gasteiger charge is -2.34. The third kappa shape index (κ3) is 4.02. The molecule has 10 heteroatoms. The van der Waals surface area contributed by atoms with Crippen molar-refractivity contribution in [3.8, 4) is 11.6 Å². The first-order chi connectivity index (χ1) is 16.1. The van der Waals surface area contributed by atoms with Crippen LogP contribution in [0, 0.1) is 0 Å². The van der Waals surface area contributed by atoms with E-state index < -0.39 is 0 Å². The number of rotatable bonds is 6. The molecule has 0 aliphatic carbocycles. The van der Waals surface area contributed by atoms with Gasteiger partial charge in [0.05, 0.1) is 17.4 Å². The van der Waals surface area contributed by atoms with Gasteiger partial charge >= 0.3 is 0 Å². The van der Waals surface area contributed by atoms with Crippen molar-refractivity contribution in [3.63, 3.8) is 0 Å². The summed E-state index contributed by atoms with van der Waals surface area (Å²) in [4.78, 5) is 17.0. The average molecular weight is 447 g/mol. The standard InChI is InChI=1S/C23H25N7O3/c24-23-22-19(14-18(26-27-22)17-3-1-2-4-20(17)32)30(28-23)15-6-9-29(10-7-15)16-5-8-25-21(13-16)33-12-11-31/h1-5,8,11,13-15,26-27,32H,6-7,9-10,12H2,(H2,24,28). The van der Waals surface area contributed by atoms with E-state index in [4.69, 9.17) is 10.5 Å². The number of para-hydroxylation sites is 1. The molecule has 0 atom stereocenters. The van der Waals surface area contributed by atoms with Crippen molar-refractivity contribution in [2.45, 2.75) is 18.9 Å². The lowest BCUT2D eigenvalue weighted by Crippen LogP contribution is -2.35. The lowest BCUT2D eigenvalue weighted by molar-refractivity contribution is -0.109. The van der Waals surface area contributed by atoms with Crippen LogP contribution in [-0.4, -0.2) is 45.9 Å². The van der Waals surface area contributed by atoms with Crippen LogP contribution in [0.5, 0.6) is 11.6 Å². The monoisotopic (exact) mass is 447 g/mol. The second-order valence-electron chi connectivity index (χ2n) is 7.96. The fourth-order valence-corrected chi connectivity index (χ4v) is 4.32. The number of benzene rings is 1. The first kappa shape index (κ1) is 20.7. The molecule has 33 heavy (non-hydrogen) atoms. The van der Waals surface area contributed by atoms with Crippen molar-refractivity contribution < 1.29 is 14.6 Å². The molecule has 2 aliphatic rings. The molecule has 0 spiro atoms.